The van der Waals surface area contributed by atoms with E-state index in [2.05, 4.69) is 5.32 Å². The van der Waals surface area contributed by atoms with Crippen LogP contribution in [0.1, 0.15) is 11.1 Å². The van der Waals surface area contributed by atoms with E-state index >= 15 is 0 Å². The van der Waals surface area contributed by atoms with E-state index in [9.17, 15) is 32.9 Å². The minimum absolute atomic E-state index is 0.168. The van der Waals surface area contributed by atoms with Gasteiger partial charge in [0.2, 0.25) is 0 Å². The minimum atomic E-state index is -4.63. The summed E-state index contributed by atoms with van der Waals surface area (Å²) in [6.07, 6.45) is -0.941. The van der Waals surface area contributed by atoms with E-state index in [1.165, 1.54) is 36.4 Å². The van der Waals surface area contributed by atoms with Crippen molar-refractivity contribution in [2.75, 3.05) is 4.90 Å². The molecule has 2 aromatic rings. The van der Waals surface area contributed by atoms with Gasteiger partial charge >= 0.3 is 6.18 Å². The summed E-state index contributed by atoms with van der Waals surface area (Å²) in [5.74, 6) is -1.77. The van der Waals surface area contributed by atoms with E-state index in [4.69, 9.17) is 12.2 Å². The number of rotatable bonds is 4. The molecule has 11 heteroatoms. The number of benzene rings is 2. The average molecular weight is 447 g/mol. The van der Waals surface area contributed by atoms with Crippen LogP contribution < -0.4 is 10.2 Å². The highest BCUT2D eigenvalue weighted by Crippen LogP contribution is 2.32. The SMILES string of the molecule is O=C1NC(=S)N(c2cccc(C(F)(F)F)c2)C(=O)/C1=C/C=C/c1ccccc1[N+](=O)[O-]. The first-order valence-electron chi connectivity index (χ1n) is 8.58. The predicted molar refractivity (Wildman–Crippen MR) is 110 cm³/mol. The second-order valence-corrected chi connectivity index (χ2v) is 6.59. The first-order valence-corrected chi connectivity index (χ1v) is 8.99. The maximum Gasteiger partial charge on any atom is 0.416 e. The van der Waals surface area contributed by atoms with E-state index in [1.807, 2.05) is 0 Å². The Balaban J connectivity index is 1.94. The first-order chi connectivity index (χ1) is 14.6. The zero-order valence-electron chi connectivity index (χ0n) is 15.4. The molecule has 3 rings (SSSR count). The molecule has 0 unspecified atom stereocenters. The normalized spacial score (nSPS) is 16.2. The molecule has 1 saturated heterocycles. The number of anilines is 1. The maximum atomic E-state index is 13.0. The van der Waals surface area contributed by atoms with Gasteiger partial charge in [0.05, 0.1) is 21.7 Å². The van der Waals surface area contributed by atoms with Crippen LogP contribution in [0.3, 0.4) is 0 Å². The number of hydrogen-bond donors (Lipinski definition) is 1. The predicted octanol–water partition coefficient (Wildman–Crippen LogP) is 4.00. The van der Waals surface area contributed by atoms with Crippen molar-refractivity contribution in [2.45, 2.75) is 6.18 Å². The van der Waals surface area contributed by atoms with E-state index in [1.54, 1.807) is 6.07 Å². The lowest BCUT2D eigenvalue weighted by molar-refractivity contribution is -0.385. The fraction of sp³-hybridized carbons (Fsp3) is 0.0500. The van der Waals surface area contributed by atoms with Crippen molar-refractivity contribution in [1.29, 1.82) is 0 Å². The van der Waals surface area contributed by atoms with Crippen LogP contribution in [0.25, 0.3) is 6.08 Å². The molecule has 2 aromatic carbocycles. The second kappa shape index (κ2) is 8.48. The van der Waals surface area contributed by atoms with Crippen LogP contribution in [-0.4, -0.2) is 21.9 Å². The summed E-state index contributed by atoms with van der Waals surface area (Å²) in [7, 11) is 0. The Kier molecular flexibility index (Phi) is 5.97. The Morgan fingerprint density at radius 3 is 2.48 bits per heavy atom. The Bertz CT molecular complexity index is 1160. The van der Waals surface area contributed by atoms with Crippen LogP contribution in [0.4, 0.5) is 24.5 Å². The molecule has 1 N–H and O–H groups in total. The fourth-order valence-corrected chi connectivity index (χ4v) is 3.06. The van der Waals surface area contributed by atoms with Gasteiger partial charge in [0, 0.05) is 6.07 Å². The zero-order valence-corrected chi connectivity index (χ0v) is 16.2. The lowest BCUT2D eigenvalue weighted by atomic mass is 10.1. The van der Waals surface area contributed by atoms with Crippen molar-refractivity contribution in [1.82, 2.24) is 5.32 Å². The van der Waals surface area contributed by atoms with Gasteiger partial charge in [-0.3, -0.25) is 29.9 Å². The number of halogens is 3. The Morgan fingerprint density at radius 1 is 1.10 bits per heavy atom. The number of amides is 2. The number of nitrogens with zero attached hydrogens (tertiary/aromatic N) is 2. The number of nitro groups is 1. The smallest absolute Gasteiger partial charge is 0.298 e. The highest BCUT2D eigenvalue weighted by atomic mass is 32.1. The second-order valence-electron chi connectivity index (χ2n) is 6.20. The standard InChI is InChI=1S/C20H12F3N3O4S/c21-20(22,23)13-7-4-8-14(11-13)25-18(28)15(17(27)24-19(25)31)9-3-6-12-5-1-2-10-16(12)26(29)30/h1-11H,(H,24,27,31)/b6-3+,15-9+. The van der Waals surface area contributed by atoms with E-state index < -0.39 is 34.1 Å². The van der Waals surface area contributed by atoms with Crippen LogP contribution in [0, 0.1) is 10.1 Å². The third kappa shape index (κ3) is 4.67. The highest BCUT2D eigenvalue weighted by molar-refractivity contribution is 7.80. The Labute approximate surface area is 178 Å². The molecule has 1 heterocycles. The lowest BCUT2D eigenvalue weighted by Crippen LogP contribution is -2.54. The molecule has 31 heavy (non-hydrogen) atoms. The number of nitrogens with one attached hydrogen (secondary N) is 1. The maximum absolute atomic E-state index is 13.0. The van der Waals surface area contributed by atoms with Crippen molar-refractivity contribution in [3.05, 3.63) is 87.5 Å². The number of hydrogen-bond acceptors (Lipinski definition) is 5. The van der Waals surface area contributed by atoms with E-state index in [-0.39, 0.29) is 22.1 Å². The molecule has 2 amide bonds. The molecule has 1 aliphatic heterocycles. The zero-order chi connectivity index (χ0) is 22.8. The van der Waals surface area contributed by atoms with Crippen LogP contribution in [0.2, 0.25) is 0 Å². The monoisotopic (exact) mass is 447 g/mol. The van der Waals surface area contributed by atoms with E-state index in [0.717, 1.165) is 29.2 Å². The topological polar surface area (TPSA) is 92.6 Å². The lowest BCUT2D eigenvalue weighted by Gasteiger charge is -2.29. The summed E-state index contributed by atoms with van der Waals surface area (Å²) in [5.41, 5.74) is -1.50. The summed E-state index contributed by atoms with van der Waals surface area (Å²) in [6, 6.07) is 9.76. The van der Waals surface area contributed by atoms with Gasteiger partial charge < -0.3 is 0 Å². The highest BCUT2D eigenvalue weighted by Gasteiger charge is 2.36. The Morgan fingerprint density at radius 2 is 1.81 bits per heavy atom. The number of carbonyl (C=O) groups is 2. The summed E-state index contributed by atoms with van der Waals surface area (Å²) in [5, 5.41) is 12.9. The molecule has 1 fully saturated rings. The molecular weight excluding hydrogens is 435 g/mol. The van der Waals surface area contributed by atoms with Gasteiger partial charge in [-0.15, -0.1) is 0 Å². The van der Waals surface area contributed by atoms with Gasteiger partial charge in [-0.05, 0) is 48.6 Å². The van der Waals surface area contributed by atoms with Crippen LogP contribution >= 0.6 is 12.2 Å². The summed E-state index contributed by atoms with van der Waals surface area (Å²) in [4.78, 5) is 36.3. The molecule has 0 atom stereocenters. The quantitative estimate of drug-likeness (QED) is 0.252. The van der Waals surface area contributed by atoms with Gasteiger partial charge in [-0.2, -0.15) is 13.2 Å². The molecule has 0 saturated carbocycles. The van der Waals surface area contributed by atoms with Crippen LogP contribution in [0.5, 0.6) is 0 Å². The van der Waals surface area contributed by atoms with Crippen molar-refractivity contribution in [3.8, 4) is 0 Å². The molecule has 0 radical (unpaired) electrons. The molecule has 0 aliphatic carbocycles. The van der Waals surface area contributed by atoms with Crippen molar-refractivity contribution >= 4 is 46.6 Å². The van der Waals surface area contributed by atoms with Gasteiger partial charge in [-0.25, -0.2) is 0 Å². The fourth-order valence-electron chi connectivity index (χ4n) is 2.78. The third-order valence-electron chi connectivity index (χ3n) is 4.21. The molecule has 1 aliphatic rings. The van der Waals surface area contributed by atoms with Crippen molar-refractivity contribution in [3.63, 3.8) is 0 Å². The third-order valence-corrected chi connectivity index (χ3v) is 4.49. The molecule has 7 nitrogen and oxygen atoms in total. The molecular formula is C20H12F3N3O4S. The number of thiocarbonyl (C=S) groups is 1. The molecule has 0 spiro atoms. The minimum Gasteiger partial charge on any atom is -0.298 e. The van der Waals surface area contributed by atoms with Crippen LogP contribution in [-0.2, 0) is 15.8 Å². The number of carbonyl (C=O) groups excluding carboxylic acids is 2. The number of alkyl halides is 3. The average Bonchev–Trinajstić information content (AvgIpc) is 2.70. The van der Waals surface area contributed by atoms with Gasteiger partial charge in [0.15, 0.2) is 5.11 Å². The Hall–Kier alpha value is -3.86. The first kappa shape index (κ1) is 21.8. The van der Waals surface area contributed by atoms with Crippen molar-refractivity contribution in [2.24, 2.45) is 0 Å². The molecule has 0 aromatic heterocycles. The van der Waals surface area contributed by atoms with E-state index in [0.29, 0.717) is 0 Å². The summed E-state index contributed by atoms with van der Waals surface area (Å²) in [6.45, 7) is 0. The molecule has 158 valence electrons. The summed E-state index contributed by atoms with van der Waals surface area (Å²) < 4.78 is 39.0. The largest absolute Gasteiger partial charge is 0.416 e. The number of allylic oxidation sites excluding steroid dienone is 2. The van der Waals surface area contributed by atoms with Crippen molar-refractivity contribution < 1.29 is 27.7 Å². The van der Waals surface area contributed by atoms with Gasteiger partial charge in [0.25, 0.3) is 17.5 Å². The van der Waals surface area contributed by atoms with Gasteiger partial charge in [-0.1, -0.05) is 24.3 Å². The molecule has 0 bridgehead atoms. The summed E-state index contributed by atoms with van der Waals surface area (Å²) >= 11 is 4.96. The van der Waals surface area contributed by atoms with Gasteiger partial charge in [0.1, 0.15) is 5.57 Å². The number of nitro benzene ring substituents is 1. The number of para-hydroxylation sites is 1. The van der Waals surface area contributed by atoms with Crippen LogP contribution in [0.15, 0.2) is 66.3 Å².